The van der Waals surface area contributed by atoms with E-state index >= 15 is 0 Å². The molecule has 1 unspecified atom stereocenters. The Morgan fingerprint density at radius 3 is 2.67 bits per heavy atom. The molecule has 0 saturated carbocycles. The maximum atomic E-state index is 9.08. The van der Waals surface area contributed by atoms with Crippen LogP contribution in [0.1, 0.15) is 32.3 Å². The lowest BCUT2D eigenvalue weighted by Crippen LogP contribution is -2.18. The van der Waals surface area contributed by atoms with Gasteiger partial charge in [0, 0.05) is 18.8 Å². The monoisotopic (exact) mass is 244 g/mol. The number of nitrogens with one attached hydrogen (secondary N) is 1. The van der Waals surface area contributed by atoms with E-state index in [1.807, 2.05) is 38.1 Å². The summed E-state index contributed by atoms with van der Waals surface area (Å²) < 4.78 is 5.56. The number of hydrogen-bond acceptors (Lipinski definition) is 3. The Labute approximate surface area is 109 Å². The average molecular weight is 244 g/mol. The molecule has 0 aliphatic carbocycles. The highest BCUT2D eigenvalue weighted by Crippen LogP contribution is 2.23. The smallest absolute Gasteiger partial charge is 0.0766 e. The van der Waals surface area contributed by atoms with Gasteiger partial charge in [-0.15, -0.1) is 0 Å². The predicted octanol–water partition coefficient (Wildman–Crippen LogP) is 3.08. The molecule has 1 aromatic carbocycles. The predicted molar refractivity (Wildman–Crippen MR) is 72.5 cm³/mol. The van der Waals surface area contributed by atoms with Crippen molar-refractivity contribution in [2.75, 3.05) is 18.5 Å². The maximum absolute atomic E-state index is 9.08. The highest BCUT2D eigenvalue weighted by Gasteiger charge is 2.19. The molecule has 1 atom stereocenters. The highest BCUT2D eigenvalue weighted by molar-refractivity contribution is 5.47. The SMILES string of the molecule is CC(C)(C#N)c1ccc(NCC2CCCO2)cc1. The van der Waals surface area contributed by atoms with Gasteiger partial charge in [-0.2, -0.15) is 5.26 Å². The topological polar surface area (TPSA) is 45.0 Å². The number of benzene rings is 1. The minimum Gasteiger partial charge on any atom is -0.382 e. The van der Waals surface area contributed by atoms with Gasteiger partial charge in [0.2, 0.25) is 0 Å². The summed E-state index contributed by atoms with van der Waals surface area (Å²) in [5.41, 5.74) is 1.71. The fraction of sp³-hybridized carbons (Fsp3) is 0.533. The number of hydrogen-bond donors (Lipinski definition) is 1. The van der Waals surface area contributed by atoms with Gasteiger partial charge in [0.15, 0.2) is 0 Å². The average Bonchev–Trinajstić information content (AvgIpc) is 2.90. The van der Waals surface area contributed by atoms with E-state index in [-0.39, 0.29) is 0 Å². The maximum Gasteiger partial charge on any atom is 0.0766 e. The normalized spacial score (nSPS) is 19.5. The van der Waals surface area contributed by atoms with Crippen LogP contribution in [0.3, 0.4) is 0 Å². The Bertz CT molecular complexity index is 425. The second-order valence-corrected chi connectivity index (χ2v) is 5.33. The molecular formula is C15H20N2O. The first-order valence-electron chi connectivity index (χ1n) is 6.49. The van der Waals surface area contributed by atoms with Gasteiger partial charge < -0.3 is 10.1 Å². The number of rotatable bonds is 4. The quantitative estimate of drug-likeness (QED) is 0.885. The van der Waals surface area contributed by atoms with Crippen LogP contribution in [0, 0.1) is 11.3 Å². The molecule has 1 aliphatic heterocycles. The minimum atomic E-state index is -0.424. The molecule has 1 aliphatic rings. The van der Waals surface area contributed by atoms with Gasteiger partial charge in [0.1, 0.15) is 0 Å². The van der Waals surface area contributed by atoms with Crippen LogP contribution < -0.4 is 5.32 Å². The summed E-state index contributed by atoms with van der Waals surface area (Å²) in [5.74, 6) is 0. The fourth-order valence-corrected chi connectivity index (χ4v) is 2.11. The van der Waals surface area contributed by atoms with E-state index in [9.17, 15) is 0 Å². The second-order valence-electron chi connectivity index (χ2n) is 5.33. The summed E-state index contributed by atoms with van der Waals surface area (Å²) in [6.45, 7) is 5.62. The van der Waals surface area contributed by atoms with E-state index in [0.717, 1.165) is 30.8 Å². The molecule has 2 rings (SSSR count). The third-order valence-corrected chi connectivity index (χ3v) is 3.44. The number of nitriles is 1. The molecule has 0 bridgehead atoms. The molecule has 0 radical (unpaired) electrons. The summed E-state index contributed by atoms with van der Waals surface area (Å²) >= 11 is 0. The molecule has 1 aromatic rings. The van der Waals surface area contributed by atoms with Gasteiger partial charge in [-0.25, -0.2) is 0 Å². The molecule has 1 saturated heterocycles. The summed E-state index contributed by atoms with van der Waals surface area (Å²) in [7, 11) is 0. The van der Waals surface area contributed by atoms with Gasteiger partial charge in [0.25, 0.3) is 0 Å². The van der Waals surface area contributed by atoms with Crippen molar-refractivity contribution >= 4 is 5.69 Å². The molecule has 96 valence electrons. The van der Waals surface area contributed by atoms with Crippen LogP contribution in [0.15, 0.2) is 24.3 Å². The molecule has 0 spiro atoms. The third-order valence-electron chi connectivity index (χ3n) is 3.44. The third kappa shape index (κ3) is 3.02. The molecule has 3 nitrogen and oxygen atoms in total. The van der Waals surface area contributed by atoms with E-state index in [1.54, 1.807) is 0 Å². The van der Waals surface area contributed by atoms with E-state index in [2.05, 4.69) is 11.4 Å². The summed E-state index contributed by atoms with van der Waals surface area (Å²) in [6.07, 6.45) is 2.66. The summed E-state index contributed by atoms with van der Waals surface area (Å²) in [6, 6.07) is 10.4. The first-order valence-corrected chi connectivity index (χ1v) is 6.49. The molecule has 0 amide bonds. The zero-order valence-electron chi connectivity index (χ0n) is 11.1. The van der Waals surface area contributed by atoms with Crippen LogP contribution in [0.2, 0.25) is 0 Å². The van der Waals surface area contributed by atoms with Gasteiger partial charge in [0.05, 0.1) is 17.6 Å². The lowest BCUT2D eigenvalue weighted by molar-refractivity contribution is 0.120. The molecule has 1 heterocycles. The van der Waals surface area contributed by atoms with E-state index in [1.165, 1.54) is 6.42 Å². The summed E-state index contributed by atoms with van der Waals surface area (Å²) in [4.78, 5) is 0. The van der Waals surface area contributed by atoms with E-state index < -0.39 is 5.41 Å². The van der Waals surface area contributed by atoms with Crippen molar-refractivity contribution in [2.24, 2.45) is 0 Å². The standard InChI is InChI=1S/C15H20N2O/c1-15(2,11-16)12-5-7-13(8-6-12)17-10-14-4-3-9-18-14/h5-8,14,17H,3-4,9-10H2,1-2H3. The van der Waals surface area contributed by atoms with Gasteiger partial charge in [-0.3, -0.25) is 0 Å². The highest BCUT2D eigenvalue weighted by atomic mass is 16.5. The Morgan fingerprint density at radius 2 is 2.11 bits per heavy atom. The molecule has 18 heavy (non-hydrogen) atoms. The van der Waals surface area contributed by atoms with Crippen molar-refractivity contribution in [1.82, 2.24) is 0 Å². The van der Waals surface area contributed by atoms with Crippen LogP contribution in [-0.2, 0) is 10.2 Å². The van der Waals surface area contributed by atoms with Crippen molar-refractivity contribution in [3.05, 3.63) is 29.8 Å². The van der Waals surface area contributed by atoms with Crippen LogP contribution in [0.4, 0.5) is 5.69 Å². The van der Waals surface area contributed by atoms with Crippen LogP contribution in [0.5, 0.6) is 0 Å². The lowest BCUT2D eigenvalue weighted by atomic mass is 9.86. The Morgan fingerprint density at radius 1 is 1.39 bits per heavy atom. The van der Waals surface area contributed by atoms with Gasteiger partial charge >= 0.3 is 0 Å². The Balaban J connectivity index is 1.93. The van der Waals surface area contributed by atoms with E-state index in [0.29, 0.717) is 6.10 Å². The van der Waals surface area contributed by atoms with Crippen molar-refractivity contribution in [1.29, 1.82) is 5.26 Å². The number of anilines is 1. The number of ether oxygens (including phenoxy) is 1. The van der Waals surface area contributed by atoms with E-state index in [4.69, 9.17) is 10.00 Å². The number of nitrogens with zero attached hydrogens (tertiary/aromatic N) is 1. The van der Waals surface area contributed by atoms with Crippen molar-refractivity contribution in [2.45, 2.75) is 38.2 Å². The molecule has 1 N–H and O–H groups in total. The van der Waals surface area contributed by atoms with Crippen molar-refractivity contribution in [3.8, 4) is 6.07 Å². The molecule has 1 fully saturated rings. The molecule has 0 aromatic heterocycles. The van der Waals surface area contributed by atoms with Crippen molar-refractivity contribution < 1.29 is 4.74 Å². The zero-order chi connectivity index (χ0) is 13.0. The second kappa shape index (κ2) is 5.41. The Kier molecular flexibility index (Phi) is 3.88. The first-order chi connectivity index (χ1) is 8.62. The largest absolute Gasteiger partial charge is 0.382 e. The van der Waals surface area contributed by atoms with Gasteiger partial charge in [-0.05, 0) is 44.4 Å². The first kappa shape index (κ1) is 12.9. The van der Waals surface area contributed by atoms with Crippen LogP contribution in [-0.4, -0.2) is 19.3 Å². The molecular weight excluding hydrogens is 224 g/mol. The van der Waals surface area contributed by atoms with Crippen LogP contribution >= 0.6 is 0 Å². The lowest BCUT2D eigenvalue weighted by Gasteiger charge is -2.17. The zero-order valence-corrected chi connectivity index (χ0v) is 11.1. The fourth-order valence-electron chi connectivity index (χ4n) is 2.11. The van der Waals surface area contributed by atoms with Crippen molar-refractivity contribution in [3.63, 3.8) is 0 Å². The molecule has 3 heteroatoms. The Hall–Kier alpha value is -1.53. The summed E-state index contributed by atoms with van der Waals surface area (Å²) in [5, 5.41) is 12.5. The van der Waals surface area contributed by atoms with Gasteiger partial charge in [-0.1, -0.05) is 12.1 Å². The minimum absolute atomic E-state index is 0.347. The van der Waals surface area contributed by atoms with Crippen LogP contribution in [0.25, 0.3) is 0 Å².